The number of ether oxygens (including phenoxy) is 2. The highest BCUT2D eigenvalue weighted by Gasteiger charge is 2.43. The number of hydrogen-bond acceptors (Lipinski definition) is 6. The molecule has 30 heavy (non-hydrogen) atoms. The second kappa shape index (κ2) is 8.22. The number of nitrogens with one attached hydrogen (secondary N) is 1. The first-order valence-electron chi connectivity index (χ1n) is 10.4. The maximum absolute atomic E-state index is 13.2. The summed E-state index contributed by atoms with van der Waals surface area (Å²) in [7, 11) is 0. The van der Waals surface area contributed by atoms with Crippen LogP contribution in [0.25, 0.3) is 10.8 Å². The summed E-state index contributed by atoms with van der Waals surface area (Å²) in [5.41, 5.74) is 2.64. The second-order valence-electron chi connectivity index (χ2n) is 7.28. The van der Waals surface area contributed by atoms with Crippen molar-refractivity contribution in [2.24, 2.45) is 0 Å². The minimum Gasteiger partial charge on any atom is -0.463 e. The number of rotatable bonds is 5. The Bertz CT molecular complexity index is 1060. The molecule has 156 valence electrons. The summed E-state index contributed by atoms with van der Waals surface area (Å²) >= 11 is 0. The zero-order valence-electron chi connectivity index (χ0n) is 17.5. The number of nitrogens with zero attached hydrogens (tertiary/aromatic N) is 1. The third-order valence-corrected chi connectivity index (χ3v) is 5.65. The number of allylic oxidation sites excluding steroid dienone is 1. The van der Waals surface area contributed by atoms with Crippen molar-refractivity contribution >= 4 is 22.7 Å². The maximum Gasteiger partial charge on any atom is 0.338 e. The van der Waals surface area contributed by atoms with Crippen molar-refractivity contribution in [1.29, 1.82) is 0 Å². The average Bonchev–Trinajstić information content (AvgIpc) is 3.23. The van der Waals surface area contributed by atoms with Gasteiger partial charge in [-0.1, -0.05) is 42.5 Å². The third-order valence-electron chi connectivity index (χ3n) is 5.65. The molecule has 1 fully saturated rings. The van der Waals surface area contributed by atoms with E-state index < -0.39 is 17.9 Å². The number of fused-ring (bicyclic) bond motifs is 2. The van der Waals surface area contributed by atoms with Crippen LogP contribution in [0.4, 0.5) is 0 Å². The van der Waals surface area contributed by atoms with E-state index in [1.54, 1.807) is 13.8 Å². The van der Waals surface area contributed by atoms with Gasteiger partial charge in [0, 0.05) is 18.8 Å². The summed E-state index contributed by atoms with van der Waals surface area (Å²) in [4.78, 5) is 28.3. The van der Waals surface area contributed by atoms with Gasteiger partial charge in [-0.2, -0.15) is 0 Å². The van der Waals surface area contributed by atoms with Crippen molar-refractivity contribution in [1.82, 2.24) is 10.2 Å². The molecule has 1 saturated heterocycles. The summed E-state index contributed by atoms with van der Waals surface area (Å²) < 4.78 is 10.9. The highest BCUT2D eigenvalue weighted by molar-refractivity contribution is 6.02. The van der Waals surface area contributed by atoms with Crippen molar-refractivity contribution in [3.05, 3.63) is 70.7 Å². The van der Waals surface area contributed by atoms with Gasteiger partial charge in [-0.15, -0.1) is 0 Å². The average molecular weight is 406 g/mol. The van der Waals surface area contributed by atoms with Gasteiger partial charge in [-0.25, -0.2) is 9.59 Å². The first-order valence-corrected chi connectivity index (χ1v) is 10.4. The smallest absolute Gasteiger partial charge is 0.338 e. The topological polar surface area (TPSA) is 67.9 Å². The standard InChI is InChI=1S/C24H26N2O4/c1-4-29-23(27)19-15(3)26-14-13-25-22(26)21(24(28)30-5-2)20(19)18-12-8-10-16-9-6-7-11-17(16)18/h6-12,20,25H,4-5,13-14H2,1-3H3. The zero-order valence-corrected chi connectivity index (χ0v) is 17.5. The predicted octanol–water partition coefficient (Wildman–Crippen LogP) is 3.45. The van der Waals surface area contributed by atoms with E-state index in [1.807, 2.05) is 54.3 Å². The molecule has 1 unspecified atom stereocenters. The Morgan fingerprint density at radius 2 is 1.67 bits per heavy atom. The van der Waals surface area contributed by atoms with Crippen molar-refractivity contribution < 1.29 is 19.1 Å². The Hall–Kier alpha value is -3.28. The molecule has 0 spiro atoms. The van der Waals surface area contributed by atoms with Gasteiger partial charge < -0.3 is 19.7 Å². The van der Waals surface area contributed by atoms with E-state index in [9.17, 15) is 9.59 Å². The van der Waals surface area contributed by atoms with Crippen LogP contribution in [0, 0.1) is 0 Å². The van der Waals surface area contributed by atoms with Gasteiger partial charge in [0.1, 0.15) is 5.82 Å². The molecule has 2 aromatic rings. The van der Waals surface area contributed by atoms with Crippen LogP contribution in [0.15, 0.2) is 65.1 Å². The van der Waals surface area contributed by atoms with Crippen LogP contribution >= 0.6 is 0 Å². The van der Waals surface area contributed by atoms with E-state index in [4.69, 9.17) is 9.47 Å². The van der Waals surface area contributed by atoms with Gasteiger partial charge in [0.25, 0.3) is 0 Å². The maximum atomic E-state index is 13.2. The van der Waals surface area contributed by atoms with Crippen LogP contribution in [0.5, 0.6) is 0 Å². The van der Waals surface area contributed by atoms with Crippen molar-refractivity contribution in [3.63, 3.8) is 0 Å². The molecule has 6 heteroatoms. The number of esters is 2. The Kier molecular flexibility index (Phi) is 5.48. The Labute approximate surface area is 176 Å². The number of carbonyl (C=O) groups is 2. The highest BCUT2D eigenvalue weighted by atomic mass is 16.5. The van der Waals surface area contributed by atoms with Crippen LogP contribution in [-0.2, 0) is 19.1 Å². The quantitative estimate of drug-likeness (QED) is 0.767. The molecule has 2 aliphatic rings. The lowest BCUT2D eigenvalue weighted by atomic mass is 9.79. The van der Waals surface area contributed by atoms with Crippen LogP contribution in [0.1, 0.15) is 32.3 Å². The van der Waals surface area contributed by atoms with E-state index in [1.165, 1.54) is 0 Å². The van der Waals surface area contributed by atoms with Gasteiger partial charge in [0.15, 0.2) is 0 Å². The molecule has 0 bridgehead atoms. The van der Waals surface area contributed by atoms with E-state index in [-0.39, 0.29) is 13.2 Å². The van der Waals surface area contributed by atoms with Crippen molar-refractivity contribution in [2.45, 2.75) is 26.7 Å². The summed E-state index contributed by atoms with van der Waals surface area (Å²) in [5, 5.41) is 5.38. The molecule has 2 aliphatic heterocycles. The summed E-state index contributed by atoms with van der Waals surface area (Å²) in [6.07, 6.45) is 0. The van der Waals surface area contributed by atoms with Crippen LogP contribution in [0.2, 0.25) is 0 Å². The van der Waals surface area contributed by atoms with Gasteiger partial charge in [0.05, 0.1) is 30.3 Å². The van der Waals surface area contributed by atoms with Gasteiger partial charge >= 0.3 is 11.9 Å². The fraction of sp³-hybridized carbons (Fsp3) is 0.333. The first kappa shape index (κ1) is 20.0. The molecule has 4 rings (SSSR count). The molecule has 2 aromatic carbocycles. The Morgan fingerprint density at radius 3 is 2.40 bits per heavy atom. The SMILES string of the molecule is CCOC(=O)C1=C(C)N2CCNC2=C(C(=O)OCC)C1c1cccc2ccccc12. The molecular formula is C24H26N2O4. The molecule has 0 saturated carbocycles. The van der Waals surface area contributed by atoms with Gasteiger partial charge in [-0.05, 0) is 37.1 Å². The van der Waals surface area contributed by atoms with Gasteiger partial charge in [0.2, 0.25) is 0 Å². The molecular weight excluding hydrogens is 380 g/mol. The van der Waals surface area contributed by atoms with E-state index in [0.717, 1.165) is 27.9 Å². The Morgan fingerprint density at radius 1 is 1.00 bits per heavy atom. The predicted molar refractivity (Wildman–Crippen MR) is 114 cm³/mol. The fourth-order valence-electron chi connectivity index (χ4n) is 4.42. The molecule has 0 aliphatic carbocycles. The lowest BCUT2D eigenvalue weighted by molar-refractivity contribution is -0.139. The molecule has 2 heterocycles. The van der Waals surface area contributed by atoms with Crippen LogP contribution < -0.4 is 5.32 Å². The second-order valence-corrected chi connectivity index (χ2v) is 7.28. The van der Waals surface area contributed by atoms with E-state index in [2.05, 4.69) is 5.32 Å². The molecule has 0 amide bonds. The number of hydrogen-bond donors (Lipinski definition) is 1. The monoisotopic (exact) mass is 406 g/mol. The third kappa shape index (κ3) is 3.22. The van der Waals surface area contributed by atoms with Crippen molar-refractivity contribution in [3.8, 4) is 0 Å². The van der Waals surface area contributed by atoms with E-state index in [0.29, 0.717) is 24.2 Å². The number of carbonyl (C=O) groups excluding carboxylic acids is 2. The van der Waals surface area contributed by atoms with Crippen LogP contribution in [-0.4, -0.2) is 43.1 Å². The molecule has 0 radical (unpaired) electrons. The van der Waals surface area contributed by atoms with Crippen LogP contribution in [0.3, 0.4) is 0 Å². The summed E-state index contributed by atoms with van der Waals surface area (Å²) in [6.45, 7) is 7.37. The molecule has 1 atom stereocenters. The Balaban J connectivity index is 2.01. The van der Waals surface area contributed by atoms with Gasteiger partial charge in [-0.3, -0.25) is 0 Å². The number of benzene rings is 2. The van der Waals surface area contributed by atoms with Crippen molar-refractivity contribution in [2.75, 3.05) is 26.3 Å². The minimum absolute atomic E-state index is 0.259. The largest absolute Gasteiger partial charge is 0.463 e. The zero-order chi connectivity index (χ0) is 21.3. The highest BCUT2D eigenvalue weighted by Crippen LogP contribution is 2.45. The fourth-order valence-corrected chi connectivity index (χ4v) is 4.42. The summed E-state index contributed by atoms with van der Waals surface area (Å²) in [6, 6.07) is 13.9. The lowest BCUT2D eigenvalue weighted by Gasteiger charge is -2.35. The normalized spacial score (nSPS) is 18.4. The minimum atomic E-state index is -0.578. The molecule has 6 nitrogen and oxygen atoms in total. The lowest BCUT2D eigenvalue weighted by Crippen LogP contribution is -2.35. The molecule has 1 N–H and O–H groups in total. The van der Waals surface area contributed by atoms with E-state index >= 15 is 0 Å². The first-order chi connectivity index (χ1) is 14.6. The summed E-state index contributed by atoms with van der Waals surface area (Å²) in [5.74, 6) is -0.678. The molecule has 0 aromatic heterocycles.